The Bertz CT molecular complexity index is 777. The lowest BCUT2D eigenvalue weighted by Crippen LogP contribution is -2.37. The molecule has 3 heterocycles. The van der Waals surface area contributed by atoms with Gasteiger partial charge in [0.15, 0.2) is 10.4 Å². The van der Waals surface area contributed by atoms with Gasteiger partial charge in [-0.15, -0.1) is 0 Å². The highest BCUT2D eigenvalue weighted by molar-refractivity contribution is 9.10. The lowest BCUT2D eigenvalue weighted by Gasteiger charge is -2.29. The van der Waals surface area contributed by atoms with E-state index in [4.69, 9.17) is 4.42 Å². The molecule has 0 aliphatic carbocycles. The summed E-state index contributed by atoms with van der Waals surface area (Å²) in [5.74, 6) is -0.244. The number of piperidine rings is 1. The number of hydrogen-bond donors (Lipinski definition) is 1. The average molecular weight is 381 g/mol. The maximum Gasteiger partial charge on any atom is 0.292 e. The molecule has 1 aliphatic rings. The highest BCUT2D eigenvalue weighted by Crippen LogP contribution is 2.25. The van der Waals surface area contributed by atoms with Gasteiger partial charge in [0.05, 0.1) is 11.9 Å². The largest absolute Gasteiger partial charge is 0.444 e. The number of hydrogen-bond acceptors (Lipinski definition) is 5. The van der Waals surface area contributed by atoms with Crippen molar-refractivity contribution in [1.29, 1.82) is 0 Å². The lowest BCUT2D eigenvalue weighted by atomic mass is 10.1. The predicted molar refractivity (Wildman–Crippen MR) is 89.9 cm³/mol. The summed E-state index contributed by atoms with van der Waals surface area (Å²) < 4.78 is 7.00. The first-order valence-corrected chi connectivity index (χ1v) is 8.23. The minimum Gasteiger partial charge on any atom is -0.444 e. The molecule has 1 aliphatic heterocycles. The second-order valence-electron chi connectivity index (χ2n) is 5.44. The third-order valence-electron chi connectivity index (χ3n) is 3.83. The minimum atomic E-state index is -0.413. The molecule has 23 heavy (non-hydrogen) atoms. The van der Waals surface area contributed by atoms with Gasteiger partial charge in [-0.25, -0.2) is 4.68 Å². The number of carbonyl (C=O) groups excluding carboxylic acids is 1. The monoisotopic (exact) mass is 380 g/mol. The molecule has 0 spiro atoms. The SMILES string of the molecule is Cn1ncc(NC(=O)c2ccc(Br)o2)c(N2CCCCC2)c1=O. The first-order valence-electron chi connectivity index (χ1n) is 7.44. The topological polar surface area (TPSA) is 80.4 Å². The van der Waals surface area contributed by atoms with E-state index in [9.17, 15) is 9.59 Å². The number of carbonyl (C=O) groups is 1. The summed E-state index contributed by atoms with van der Waals surface area (Å²) in [6.45, 7) is 1.60. The van der Waals surface area contributed by atoms with Crippen LogP contribution in [0.15, 0.2) is 32.2 Å². The number of halogens is 1. The van der Waals surface area contributed by atoms with Gasteiger partial charge in [-0.3, -0.25) is 9.59 Å². The van der Waals surface area contributed by atoms with Crippen LogP contribution in [0.25, 0.3) is 0 Å². The lowest BCUT2D eigenvalue weighted by molar-refractivity contribution is 0.0995. The second kappa shape index (κ2) is 6.57. The number of furan rings is 1. The summed E-state index contributed by atoms with van der Waals surface area (Å²) in [7, 11) is 1.60. The van der Waals surface area contributed by atoms with Gasteiger partial charge in [-0.1, -0.05) is 0 Å². The Morgan fingerprint density at radius 3 is 2.70 bits per heavy atom. The Kier molecular flexibility index (Phi) is 4.51. The van der Waals surface area contributed by atoms with Gasteiger partial charge in [0, 0.05) is 20.1 Å². The first-order chi connectivity index (χ1) is 11.1. The molecule has 122 valence electrons. The maximum atomic E-state index is 12.5. The Hall–Kier alpha value is -2.09. The summed E-state index contributed by atoms with van der Waals surface area (Å²) >= 11 is 3.16. The molecule has 7 nitrogen and oxygen atoms in total. The van der Waals surface area contributed by atoms with E-state index in [0.717, 1.165) is 32.4 Å². The maximum absolute atomic E-state index is 12.5. The van der Waals surface area contributed by atoms with Crippen molar-refractivity contribution in [2.75, 3.05) is 23.3 Å². The number of aryl methyl sites for hydroxylation is 1. The molecule has 0 aromatic carbocycles. The number of nitrogens with zero attached hydrogens (tertiary/aromatic N) is 3. The van der Waals surface area contributed by atoms with Crippen LogP contribution in [-0.4, -0.2) is 28.8 Å². The van der Waals surface area contributed by atoms with Crippen LogP contribution in [0.5, 0.6) is 0 Å². The summed E-state index contributed by atoms with van der Waals surface area (Å²) in [6, 6.07) is 3.21. The fraction of sp³-hybridized carbons (Fsp3) is 0.400. The fourth-order valence-electron chi connectivity index (χ4n) is 2.66. The Balaban J connectivity index is 1.93. The molecule has 1 N–H and O–H groups in total. The molecule has 0 unspecified atom stereocenters. The van der Waals surface area contributed by atoms with Crippen LogP contribution in [0.4, 0.5) is 11.4 Å². The molecule has 8 heteroatoms. The number of anilines is 2. The van der Waals surface area contributed by atoms with Crippen LogP contribution in [-0.2, 0) is 7.05 Å². The van der Waals surface area contributed by atoms with E-state index < -0.39 is 5.91 Å². The Morgan fingerprint density at radius 1 is 1.30 bits per heavy atom. The van der Waals surface area contributed by atoms with Crippen molar-refractivity contribution in [3.63, 3.8) is 0 Å². The number of amides is 1. The molecule has 2 aromatic heterocycles. The van der Waals surface area contributed by atoms with Gasteiger partial charge in [-0.05, 0) is 47.3 Å². The van der Waals surface area contributed by atoms with Crippen LogP contribution >= 0.6 is 15.9 Å². The summed E-state index contributed by atoms with van der Waals surface area (Å²) in [6.07, 6.45) is 4.72. The third kappa shape index (κ3) is 3.31. The molecule has 1 amide bonds. The van der Waals surface area contributed by atoms with Crippen molar-refractivity contribution < 1.29 is 9.21 Å². The zero-order valence-electron chi connectivity index (χ0n) is 12.7. The first kappa shape index (κ1) is 15.8. The van der Waals surface area contributed by atoms with Crippen molar-refractivity contribution >= 4 is 33.2 Å². The van der Waals surface area contributed by atoms with E-state index in [2.05, 4.69) is 26.3 Å². The van der Waals surface area contributed by atoms with Crippen molar-refractivity contribution in [1.82, 2.24) is 9.78 Å². The highest BCUT2D eigenvalue weighted by Gasteiger charge is 2.21. The van der Waals surface area contributed by atoms with Gasteiger partial charge in [0.25, 0.3) is 11.5 Å². The minimum absolute atomic E-state index is 0.169. The van der Waals surface area contributed by atoms with E-state index in [1.807, 2.05) is 4.90 Å². The highest BCUT2D eigenvalue weighted by atomic mass is 79.9. The molecule has 2 aromatic rings. The molecular weight excluding hydrogens is 364 g/mol. The quantitative estimate of drug-likeness (QED) is 0.883. The van der Waals surface area contributed by atoms with Gasteiger partial charge in [-0.2, -0.15) is 5.10 Å². The smallest absolute Gasteiger partial charge is 0.292 e. The van der Waals surface area contributed by atoms with Gasteiger partial charge < -0.3 is 14.6 Å². The van der Waals surface area contributed by atoms with Gasteiger partial charge in [0.2, 0.25) is 0 Å². The third-order valence-corrected chi connectivity index (χ3v) is 4.26. The molecule has 0 saturated carbocycles. The molecule has 0 radical (unpaired) electrons. The summed E-state index contributed by atoms with van der Waals surface area (Å²) in [5, 5.41) is 6.74. The fourth-order valence-corrected chi connectivity index (χ4v) is 2.97. The van der Waals surface area contributed by atoms with E-state index in [1.54, 1.807) is 19.2 Å². The van der Waals surface area contributed by atoms with Crippen molar-refractivity contribution in [2.24, 2.45) is 7.05 Å². The second-order valence-corrected chi connectivity index (χ2v) is 6.22. The molecular formula is C15H17BrN4O3. The van der Waals surface area contributed by atoms with Crippen LogP contribution in [0.3, 0.4) is 0 Å². The molecule has 0 bridgehead atoms. The number of rotatable bonds is 3. The van der Waals surface area contributed by atoms with Crippen molar-refractivity contribution in [3.05, 3.63) is 39.1 Å². The van der Waals surface area contributed by atoms with E-state index in [0.29, 0.717) is 16.0 Å². The Labute approximate surface area is 141 Å². The molecule has 1 fully saturated rings. The van der Waals surface area contributed by atoms with E-state index >= 15 is 0 Å². The molecule has 3 rings (SSSR count). The predicted octanol–water partition coefficient (Wildman–Crippen LogP) is 2.38. The standard InChI is InChI=1S/C15H17BrN4O3/c1-19-15(22)13(20-7-3-2-4-8-20)10(9-17-19)18-14(21)11-5-6-12(16)23-11/h5-6,9H,2-4,7-8H2,1H3,(H,18,21). The van der Waals surface area contributed by atoms with E-state index in [1.165, 1.54) is 10.9 Å². The molecule has 1 saturated heterocycles. The summed E-state index contributed by atoms with van der Waals surface area (Å²) in [4.78, 5) is 26.8. The van der Waals surface area contributed by atoms with Crippen molar-refractivity contribution in [3.8, 4) is 0 Å². The zero-order valence-corrected chi connectivity index (χ0v) is 14.3. The van der Waals surface area contributed by atoms with Crippen LogP contribution in [0, 0.1) is 0 Å². The number of aromatic nitrogens is 2. The number of nitrogens with one attached hydrogen (secondary N) is 1. The normalized spacial score (nSPS) is 14.8. The zero-order chi connectivity index (χ0) is 16.4. The van der Waals surface area contributed by atoms with Gasteiger partial charge >= 0.3 is 0 Å². The Morgan fingerprint density at radius 2 is 2.04 bits per heavy atom. The van der Waals surface area contributed by atoms with Crippen LogP contribution in [0.2, 0.25) is 0 Å². The van der Waals surface area contributed by atoms with Gasteiger partial charge in [0.1, 0.15) is 5.69 Å². The molecule has 0 atom stereocenters. The van der Waals surface area contributed by atoms with Crippen molar-refractivity contribution in [2.45, 2.75) is 19.3 Å². The average Bonchev–Trinajstić information content (AvgIpc) is 2.99. The van der Waals surface area contributed by atoms with Crippen LogP contribution < -0.4 is 15.8 Å². The van der Waals surface area contributed by atoms with Crippen LogP contribution in [0.1, 0.15) is 29.8 Å². The van der Waals surface area contributed by atoms with E-state index in [-0.39, 0.29) is 11.3 Å². The summed E-state index contributed by atoms with van der Waals surface area (Å²) in [5.41, 5.74) is 0.680.